The smallest absolute Gasteiger partial charge is 0.343 e. The third kappa shape index (κ3) is 2.59. The number of ether oxygens (including phenoxy) is 1. The van der Waals surface area contributed by atoms with Crippen molar-refractivity contribution in [3.63, 3.8) is 0 Å². The number of aryl methyl sites for hydroxylation is 1. The molecule has 0 spiro atoms. The van der Waals surface area contributed by atoms with Crippen molar-refractivity contribution in [2.24, 2.45) is 5.92 Å². The van der Waals surface area contributed by atoms with Gasteiger partial charge >= 0.3 is 5.97 Å². The second kappa shape index (κ2) is 6.11. The highest BCUT2D eigenvalue weighted by atomic mass is 19.1. The van der Waals surface area contributed by atoms with Crippen LogP contribution in [0, 0.1) is 18.7 Å². The number of aromatic nitrogens is 1. The maximum absolute atomic E-state index is 14.9. The largest absolute Gasteiger partial charge is 0.462 e. The molecule has 26 heavy (non-hydrogen) atoms. The Hall–Kier alpha value is -2.37. The number of hydrogen-bond donors (Lipinski definition) is 0. The summed E-state index contributed by atoms with van der Waals surface area (Å²) in [6.45, 7) is 7.53. The van der Waals surface area contributed by atoms with E-state index in [2.05, 4.69) is 6.92 Å². The van der Waals surface area contributed by atoms with Crippen LogP contribution < -0.4 is 10.5 Å². The van der Waals surface area contributed by atoms with E-state index in [4.69, 9.17) is 4.74 Å². The standard InChI is InChI=1S/C20H23FN2O3/c1-4-26-20(25)15-7-13-8-16(21)18(22-9-11(2)10-22)12(3)17(13)23(19(15)24)14-5-6-14/h7-8,11,14H,4-6,9-10H2,1-3H3. The fraction of sp³-hybridized carbons (Fsp3) is 0.500. The highest BCUT2D eigenvalue weighted by molar-refractivity contribution is 5.96. The van der Waals surface area contributed by atoms with Gasteiger partial charge in [0.05, 0.1) is 17.8 Å². The Morgan fingerprint density at radius 1 is 1.31 bits per heavy atom. The quantitative estimate of drug-likeness (QED) is 0.786. The zero-order valence-corrected chi connectivity index (χ0v) is 15.3. The lowest BCUT2D eigenvalue weighted by Gasteiger charge is -2.40. The summed E-state index contributed by atoms with van der Waals surface area (Å²) >= 11 is 0. The molecule has 0 amide bonds. The zero-order valence-electron chi connectivity index (χ0n) is 15.3. The van der Waals surface area contributed by atoms with Crippen LogP contribution in [0.15, 0.2) is 16.9 Å². The van der Waals surface area contributed by atoms with Crippen molar-refractivity contribution in [2.75, 3.05) is 24.6 Å². The molecule has 2 aliphatic rings. The first-order valence-corrected chi connectivity index (χ1v) is 9.22. The van der Waals surface area contributed by atoms with Gasteiger partial charge in [-0.05, 0) is 50.3 Å². The van der Waals surface area contributed by atoms with Gasteiger partial charge in [0, 0.05) is 24.5 Å². The first kappa shape index (κ1) is 17.1. The predicted octanol–water partition coefficient (Wildman–Crippen LogP) is 3.42. The normalized spacial score (nSPS) is 17.5. The third-order valence-corrected chi connectivity index (χ3v) is 5.27. The molecule has 138 valence electrons. The number of hydrogen-bond acceptors (Lipinski definition) is 4. The van der Waals surface area contributed by atoms with Crippen LogP contribution in [-0.2, 0) is 4.74 Å². The molecule has 2 aromatic rings. The SMILES string of the molecule is CCOC(=O)c1cc2cc(F)c(N3CC(C)C3)c(C)c2n(C2CC2)c1=O. The minimum atomic E-state index is -0.646. The van der Waals surface area contributed by atoms with Crippen molar-refractivity contribution >= 4 is 22.6 Å². The van der Waals surface area contributed by atoms with Crippen LogP contribution in [0.4, 0.5) is 10.1 Å². The van der Waals surface area contributed by atoms with E-state index in [0.717, 1.165) is 37.0 Å². The molecule has 0 bridgehead atoms. The highest BCUT2D eigenvalue weighted by Crippen LogP contribution is 2.40. The molecule has 2 heterocycles. The monoisotopic (exact) mass is 358 g/mol. The molecule has 5 nitrogen and oxygen atoms in total. The second-order valence-corrected chi connectivity index (χ2v) is 7.46. The molecule has 1 aliphatic carbocycles. The van der Waals surface area contributed by atoms with Crippen LogP contribution in [-0.4, -0.2) is 30.2 Å². The molecular formula is C20H23FN2O3. The van der Waals surface area contributed by atoms with E-state index in [1.807, 2.05) is 11.8 Å². The number of benzene rings is 1. The number of halogens is 1. The summed E-state index contributed by atoms with van der Waals surface area (Å²) in [7, 11) is 0. The molecule has 1 aromatic carbocycles. The van der Waals surface area contributed by atoms with Gasteiger partial charge in [0.25, 0.3) is 5.56 Å². The van der Waals surface area contributed by atoms with Gasteiger partial charge in [-0.1, -0.05) is 6.92 Å². The van der Waals surface area contributed by atoms with Gasteiger partial charge in [0.2, 0.25) is 0 Å². The number of anilines is 1. The number of nitrogens with zero attached hydrogens (tertiary/aromatic N) is 2. The van der Waals surface area contributed by atoms with Crippen LogP contribution in [0.3, 0.4) is 0 Å². The molecule has 1 aromatic heterocycles. The van der Waals surface area contributed by atoms with Gasteiger partial charge in [0.15, 0.2) is 0 Å². The average molecular weight is 358 g/mol. The van der Waals surface area contributed by atoms with Crippen molar-refractivity contribution in [1.29, 1.82) is 0 Å². The highest BCUT2D eigenvalue weighted by Gasteiger charge is 2.32. The number of carbonyl (C=O) groups excluding carboxylic acids is 1. The number of rotatable bonds is 4. The maximum Gasteiger partial charge on any atom is 0.343 e. The fourth-order valence-electron chi connectivity index (χ4n) is 3.97. The van der Waals surface area contributed by atoms with Crippen molar-refractivity contribution < 1.29 is 13.9 Å². The van der Waals surface area contributed by atoms with Crippen LogP contribution in [0.5, 0.6) is 0 Å². The molecule has 4 rings (SSSR count). The Bertz CT molecular complexity index is 956. The molecule has 1 saturated carbocycles. The van der Waals surface area contributed by atoms with Gasteiger partial charge in [-0.15, -0.1) is 0 Å². The number of fused-ring (bicyclic) bond motifs is 1. The second-order valence-electron chi connectivity index (χ2n) is 7.46. The summed E-state index contributed by atoms with van der Waals surface area (Å²) in [5, 5.41) is 0.576. The van der Waals surface area contributed by atoms with Gasteiger partial charge in [-0.2, -0.15) is 0 Å². The van der Waals surface area contributed by atoms with Crippen molar-refractivity contribution in [3.8, 4) is 0 Å². The molecule has 1 saturated heterocycles. The van der Waals surface area contributed by atoms with Gasteiger partial charge in [-0.25, -0.2) is 9.18 Å². The lowest BCUT2D eigenvalue weighted by Crippen LogP contribution is -2.46. The lowest BCUT2D eigenvalue weighted by atomic mass is 9.98. The Kier molecular flexibility index (Phi) is 4.01. The van der Waals surface area contributed by atoms with E-state index >= 15 is 0 Å². The van der Waals surface area contributed by atoms with Crippen LogP contribution >= 0.6 is 0 Å². The van der Waals surface area contributed by atoms with Crippen molar-refractivity contribution in [2.45, 2.75) is 39.7 Å². The topological polar surface area (TPSA) is 51.5 Å². The summed E-state index contributed by atoms with van der Waals surface area (Å²) in [6.07, 6.45) is 1.79. The average Bonchev–Trinajstić information content (AvgIpc) is 3.38. The molecule has 2 fully saturated rings. The minimum Gasteiger partial charge on any atom is -0.462 e. The van der Waals surface area contributed by atoms with Crippen LogP contribution in [0.2, 0.25) is 0 Å². The molecule has 0 radical (unpaired) electrons. The summed E-state index contributed by atoms with van der Waals surface area (Å²) < 4.78 is 21.6. The molecular weight excluding hydrogens is 335 g/mol. The molecule has 1 aliphatic heterocycles. The van der Waals surface area contributed by atoms with E-state index in [0.29, 0.717) is 17.0 Å². The predicted molar refractivity (Wildman–Crippen MR) is 98.5 cm³/mol. The molecule has 0 atom stereocenters. The summed E-state index contributed by atoms with van der Waals surface area (Å²) in [5.74, 6) is -0.411. The van der Waals surface area contributed by atoms with E-state index in [9.17, 15) is 14.0 Å². The number of esters is 1. The fourth-order valence-corrected chi connectivity index (χ4v) is 3.97. The van der Waals surface area contributed by atoms with Crippen molar-refractivity contribution in [1.82, 2.24) is 4.57 Å². The van der Waals surface area contributed by atoms with Gasteiger partial charge in [-0.3, -0.25) is 4.79 Å². The maximum atomic E-state index is 14.9. The van der Waals surface area contributed by atoms with Crippen molar-refractivity contribution in [3.05, 3.63) is 39.4 Å². The third-order valence-electron chi connectivity index (χ3n) is 5.27. The number of pyridine rings is 1. The lowest BCUT2D eigenvalue weighted by molar-refractivity contribution is 0.0524. The summed E-state index contributed by atoms with van der Waals surface area (Å²) in [5.41, 5.74) is 1.73. The first-order valence-electron chi connectivity index (χ1n) is 9.22. The minimum absolute atomic E-state index is 0.0182. The Morgan fingerprint density at radius 2 is 2.00 bits per heavy atom. The van der Waals surface area contributed by atoms with Crippen LogP contribution in [0.1, 0.15) is 48.7 Å². The van der Waals surface area contributed by atoms with E-state index in [1.54, 1.807) is 11.5 Å². The molecule has 6 heteroatoms. The summed E-state index contributed by atoms with van der Waals surface area (Å²) in [4.78, 5) is 27.2. The van der Waals surface area contributed by atoms with Gasteiger partial charge < -0.3 is 14.2 Å². The van der Waals surface area contributed by atoms with E-state index in [-0.39, 0.29) is 29.6 Å². The first-order chi connectivity index (χ1) is 12.4. The van der Waals surface area contributed by atoms with E-state index in [1.165, 1.54) is 12.1 Å². The molecule has 0 unspecified atom stereocenters. The Labute approximate surface area is 151 Å². The number of carbonyl (C=O) groups is 1. The van der Waals surface area contributed by atoms with Crippen LogP contribution in [0.25, 0.3) is 10.9 Å². The Balaban J connectivity index is 1.97. The molecule has 0 N–H and O–H groups in total. The zero-order chi connectivity index (χ0) is 18.6. The Morgan fingerprint density at radius 3 is 2.58 bits per heavy atom. The van der Waals surface area contributed by atoms with E-state index < -0.39 is 5.97 Å². The summed E-state index contributed by atoms with van der Waals surface area (Å²) in [6, 6.07) is 3.00. The van der Waals surface area contributed by atoms with Gasteiger partial charge in [0.1, 0.15) is 11.4 Å².